The van der Waals surface area contributed by atoms with Crippen LogP contribution in [0.4, 0.5) is 14.6 Å². The molecule has 5 rings (SSSR count). The number of phenols is 1. The zero-order chi connectivity index (χ0) is 30.0. The van der Waals surface area contributed by atoms with Crippen molar-refractivity contribution in [3.05, 3.63) is 77.1 Å². The summed E-state index contributed by atoms with van der Waals surface area (Å²) in [7, 11) is 1.80. The van der Waals surface area contributed by atoms with E-state index in [-0.39, 0.29) is 39.3 Å². The van der Waals surface area contributed by atoms with Gasteiger partial charge in [-0.05, 0) is 42.1 Å². The van der Waals surface area contributed by atoms with Crippen molar-refractivity contribution in [2.75, 3.05) is 25.9 Å². The van der Waals surface area contributed by atoms with Gasteiger partial charge in [-0.15, -0.1) is 0 Å². The van der Waals surface area contributed by atoms with E-state index in [0.717, 1.165) is 18.0 Å². The Morgan fingerprint density at radius 3 is 2.64 bits per heavy atom. The highest BCUT2D eigenvalue weighted by atomic mass is 32.2. The van der Waals surface area contributed by atoms with Crippen molar-refractivity contribution in [3.8, 4) is 34.9 Å². The van der Waals surface area contributed by atoms with E-state index in [2.05, 4.69) is 19.9 Å². The van der Waals surface area contributed by atoms with Gasteiger partial charge < -0.3 is 30.3 Å². The summed E-state index contributed by atoms with van der Waals surface area (Å²) < 4.78 is 41.4. The number of phenolic OH excluding ortho intramolecular Hbond substituents is 1. The summed E-state index contributed by atoms with van der Waals surface area (Å²) in [5, 5.41) is 28.5. The first-order valence-corrected chi connectivity index (χ1v) is 12.8. The number of aromatic nitrogens is 3. The molecule has 0 saturated heterocycles. The van der Waals surface area contributed by atoms with Gasteiger partial charge in [-0.25, -0.2) is 24.1 Å². The van der Waals surface area contributed by atoms with Crippen molar-refractivity contribution in [1.29, 1.82) is 5.26 Å². The van der Waals surface area contributed by atoms with E-state index in [1.54, 1.807) is 19.2 Å². The van der Waals surface area contributed by atoms with E-state index in [0.29, 0.717) is 35.6 Å². The van der Waals surface area contributed by atoms with E-state index >= 15 is 4.39 Å². The molecule has 42 heavy (non-hydrogen) atoms. The number of rotatable bonds is 8. The van der Waals surface area contributed by atoms with Crippen molar-refractivity contribution in [3.63, 3.8) is 0 Å². The highest BCUT2D eigenvalue weighted by molar-refractivity contribution is 7.99. The minimum Gasteiger partial charge on any atom is -0.504 e. The second-order valence-electron chi connectivity index (χ2n) is 8.70. The lowest BCUT2D eigenvalue weighted by Crippen LogP contribution is -2.24. The molecule has 0 unspecified atom stereocenters. The summed E-state index contributed by atoms with van der Waals surface area (Å²) in [4.78, 5) is 29.8. The molecule has 1 aliphatic heterocycles. The van der Waals surface area contributed by atoms with E-state index < -0.39 is 29.2 Å². The number of carboxylic acid groups (broad SMARTS) is 1. The molecule has 0 spiro atoms. The molecule has 15 heteroatoms. The quantitative estimate of drug-likeness (QED) is 0.246. The van der Waals surface area contributed by atoms with Crippen LogP contribution in [0, 0.1) is 23.0 Å². The van der Waals surface area contributed by atoms with Gasteiger partial charge in [-0.1, -0.05) is 0 Å². The van der Waals surface area contributed by atoms with Crippen molar-refractivity contribution in [2.45, 2.75) is 10.1 Å². The fraction of sp³-hybridized carbons (Fsp3) is 0.111. The number of amidine groups is 1. The largest absolute Gasteiger partial charge is 0.504 e. The number of nitrogen functional groups attached to an aromatic ring is 1. The lowest BCUT2D eigenvalue weighted by Gasteiger charge is -2.19. The van der Waals surface area contributed by atoms with Gasteiger partial charge in [0.2, 0.25) is 11.6 Å². The highest BCUT2D eigenvalue weighted by Gasteiger charge is 2.25. The average Bonchev–Trinajstić information content (AvgIpc) is 3.39. The fourth-order valence-electron chi connectivity index (χ4n) is 3.83. The van der Waals surface area contributed by atoms with Crippen LogP contribution in [-0.2, 0) is 0 Å². The Labute approximate surface area is 240 Å². The number of aromatic hydroxyl groups is 1. The summed E-state index contributed by atoms with van der Waals surface area (Å²) in [6, 6.07) is 10.3. The Bertz CT molecular complexity index is 1800. The molecule has 4 aromatic rings. The number of nitriles is 1. The number of nitrogens with two attached hydrogens (primary N) is 1. The zero-order valence-electron chi connectivity index (χ0n) is 21.6. The number of pyridine rings is 1. The Balaban J connectivity index is 1.49. The minimum atomic E-state index is -1.29. The molecular weight excluding hydrogens is 572 g/mol. The number of anilines is 1. The van der Waals surface area contributed by atoms with E-state index in [1.165, 1.54) is 24.3 Å². The molecule has 2 aromatic carbocycles. The third kappa shape index (κ3) is 5.69. The molecular formula is C27H19F2N7O5S. The van der Waals surface area contributed by atoms with Gasteiger partial charge in [0.15, 0.2) is 22.5 Å². The molecule has 0 atom stereocenters. The van der Waals surface area contributed by atoms with Gasteiger partial charge in [-0.2, -0.15) is 9.65 Å². The van der Waals surface area contributed by atoms with E-state index in [9.17, 15) is 14.3 Å². The molecule has 0 saturated carbocycles. The molecule has 0 amide bonds. The predicted molar refractivity (Wildman–Crippen MR) is 145 cm³/mol. The number of nitrogens with zero attached hydrogens (tertiary/aromatic N) is 6. The number of benzene rings is 2. The first-order valence-electron chi connectivity index (χ1n) is 12.0. The lowest BCUT2D eigenvalue weighted by atomic mass is 10.1. The molecule has 0 bridgehead atoms. The number of halogens is 2. The molecule has 12 nitrogen and oxygen atoms in total. The molecule has 4 N–H and O–H groups in total. The van der Waals surface area contributed by atoms with E-state index in [1.807, 2.05) is 11.0 Å². The topological polar surface area (TPSA) is 180 Å². The van der Waals surface area contributed by atoms with Gasteiger partial charge in [-0.3, -0.25) is 4.99 Å². The number of carbonyl (C=O) groups is 1. The van der Waals surface area contributed by atoms with Gasteiger partial charge in [0.25, 0.3) is 5.88 Å². The summed E-state index contributed by atoms with van der Waals surface area (Å²) in [6.45, 7) is 1.09. The van der Waals surface area contributed by atoms with Crippen LogP contribution in [0.25, 0.3) is 0 Å². The molecule has 3 heterocycles. The first-order chi connectivity index (χ1) is 20.1. The normalized spacial score (nSPS) is 12.5. The molecule has 0 fully saturated rings. The van der Waals surface area contributed by atoms with Crippen LogP contribution in [0.2, 0.25) is 0 Å². The Morgan fingerprint density at radius 2 is 1.95 bits per heavy atom. The third-order valence-electron chi connectivity index (χ3n) is 5.89. The number of ether oxygens (including phenoxy) is 2. The lowest BCUT2D eigenvalue weighted by molar-refractivity contribution is 0.0697. The van der Waals surface area contributed by atoms with Gasteiger partial charge in [0, 0.05) is 30.8 Å². The van der Waals surface area contributed by atoms with Crippen LogP contribution in [0.5, 0.6) is 28.9 Å². The zero-order valence-corrected chi connectivity index (χ0v) is 22.4. The standard InChI is InChI=1S/C27H19F2N7O5S/c1-36-7-6-32-24(36)15-9-14(42-27-34-11-16(26(38)39)23(31)35-27)3-5-19(15)40-22-17(28)12-33-25(21(22)29)41-20-8-13(10-30)2-4-18(20)37/h2-5,8-9,11-12,37H,6-7H2,1H3,(H,38,39)(H2,31,34,35). The van der Waals surface area contributed by atoms with Crippen LogP contribution >= 0.6 is 11.8 Å². The predicted octanol–water partition coefficient (Wildman–Crippen LogP) is 4.44. The first kappa shape index (κ1) is 28.1. The van der Waals surface area contributed by atoms with Crippen LogP contribution in [-0.4, -0.2) is 62.0 Å². The van der Waals surface area contributed by atoms with Crippen LogP contribution < -0.4 is 15.2 Å². The van der Waals surface area contributed by atoms with Gasteiger partial charge in [0.05, 0.1) is 29.9 Å². The monoisotopic (exact) mass is 591 g/mol. The van der Waals surface area contributed by atoms with Crippen LogP contribution in [0.3, 0.4) is 0 Å². The summed E-state index contributed by atoms with van der Waals surface area (Å²) >= 11 is 1.08. The number of carboxylic acids is 1. The van der Waals surface area contributed by atoms with Crippen molar-refractivity contribution < 1.29 is 33.3 Å². The minimum absolute atomic E-state index is 0.0535. The van der Waals surface area contributed by atoms with Gasteiger partial charge in [0.1, 0.15) is 23.0 Å². The molecule has 1 aliphatic rings. The summed E-state index contributed by atoms with van der Waals surface area (Å²) in [5.74, 6) is -5.48. The second-order valence-corrected chi connectivity index (χ2v) is 9.74. The van der Waals surface area contributed by atoms with Crippen LogP contribution in [0.1, 0.15) is 21.5 Å². The average molecular weight is 592 g/mol. The van der Waals surface area contributed by atoms with Gasteiger partial charge >= 0.3 is 5.97 Å². The molecule has 0 aliphatic carbocycles. The Hall–Kier alpha value is -5.49. The molecule has 0 radical (unpaired) electrons. The van der Waals surface area contributed by atoms with Crippen molar-refractivity contribution in [2.24, 2.45) is 4.99 Å². The number of hydrogen-bond acceptors (Lipinski definition) is 12. The number of aromatic carboxylic acids is 1. The molecule has 212 valence electrons. The fourth-order valence-corrected chi connectivity index (χ4v) is 4.61. The summed E-state index contributed by atoms with van der Waals surface area (Å²) in [5.41, 5.74) is 6.04. The number of likely N-dealkylation sites (N-methyl/N-ethyl adjacent to an activating group) is 1. The smallest absolute Gasteiger partial charge is 0.341 e. The number of hydrogen-bond donors (Lipinski definition) is 3. The second kappa shape index (κ2) is 11.6. The SMILES string of the molecule is CN1CCN=C1c1cc(Sc2ncc(C(=O)O)c(N)n2)ccc1Oc1c(F)cnc(Oc2cc(C#N)ccc2O)c1F. The van der Waals surface area contributed by atoms with Crippen molar-refractivity contribution >= 4 is 29.4 Å². The molecule has 2 aromatic heterocycles. The Morgan fingerprint density at radius 1 is 1.14 bits per heavy atom. The van der Waals surface area contributed by atoms with Crippen molar-refractivity contribution in [1.82, 2.24) is 19.9 Å². The summed E-state index contributed by atoms with van der Waals surface area (Å²) in [6.07, 6.45) is 1.80. The maximum absolute atomic E-state index is 15.5. The number of aliphatic imine (C=N–C) groups is 1. The maximum Gasteiger partial charge on any atom is 0.341 e. The highest BCUT2D eigenvalue weighted by Crippen LogP contribution is 2.39. The van der Waals surface area contributed by atoms with Crippen LogP contribution in [0.15, 0.2) is 63.8 Å². The van der Waals surface area contributed by atoms with E-state index in [4.69, 9.17) is 25.6 Å². The maximum atomic E-state index is 15.5. The third-order valence-corrected chi connectivity index (χ3v) is 6.76. The Kier molecular flexibility index (Phi) is 7.71.